The number of anilines is 1. The maximum Gasteiger partial charge on any atom is 0.326 e. The zero-order valence-electron chi connectivity index (χ0n) is 10.9. The van der Waals surface area contributed by atoms with Crippen LogP contribution in [0.2, 0.25) is 0 Å². The first kappa shape index (κ1) is 14.5. The quantitative estimate of drug-likeness (QED) is 0.773. The van der Waals surface area contributed by atoms with Crippen molar-refractivity contribution in [3.8, 4) is 0 Å². The average Bonchev–Trinajstić information content (AvgIpc) is 2.27. The van der Waals surface area contributed by atoms with Crippen LogP contribution in [0.25, 0.3) is 0 Å². The minimum absolute atomic E-state index is 0.320. The van der Waals surface area contributed by atoms with E-state index in [1.807, 2.05) is 19.1 Å². The first-order chi connectivity index (χ1) is 8.25. The van der Waals surface area contributed by atoms with Crippen LogP contribution in [-0.4, -0.2) is 34.3 Å². The van der Waals surface area contributed by atoms with Gasteiger partial charge in [-0.15, -0.1) is 0 Å². The Morgan fingerprint density at radius 2 is 1.94 bits per heavy atom. The van der Waals surface area contributed by atoms with Gasteiger partial charge in [-0.05, 0) is 31.0 Å². The van der Waals surface area contributed by atoms with E-state index in [2.05, 4.69) is 4.74 Å². The summed E-state index contributed by atoms with van der Waals surface area (Å²) in [6, 6.07) is 5.44. The third-order valence-corrected chi connectivity index (χ3v) is 3.66. The van der Waals surface area contributed by atoms with E-state index in [1.165, 1.54) is 7.11 Å². The van der Waals surface area contributed by atoms with Gasteiger partial charge in [0.05, 0.1) is 19.1 Å². The number of hydrogen-bond acceptors (Lipinski definition) is 4. The zero-order chi connectivity index (χ0) is 13.9. The number of benzene rings is 1. The molecule has 0 fully saturated rings. The average molecular weight is 271 g/mol. The highest BCUT2D eigenvalue weighted by molar-refractivity contribution is 7.92. The summed E-state index contributed by atoms with van der Waals surface area (Å²) >= 11 is 0. The number of nitrogens with zero attached hydrogens (tertiary/aromatic N) is 1. The van der Waals surface area contributed by atoms with Crippen molar-refractivity contribution < 1.29 is 17.9 Å². The van der Waals surface area contributed by atoms with Gasteiger partial charge in [-0.1, -0.05) is 12.1 Å². The molecular formula is C12H17NO4S. The molecule has 0 atom stereocenters. The maximum atomic E-state index is 11.8. The van der Waals surface area contributed by atoms with Crippen molar-refractivity contribution in [3.63, 3.8) is 0 Å². The summed E-state index contributed by atoms with van der Waals surface area (Å²) in [7, 11) is -2.30. The molecule has 0 radical (unpaired) electrons. The third kappa shape index (κ3) is 3.46. The van der Waals surface area contributed by atoms with Crippen molar-refractivity contribution in [3.05, 3.63) is 29.3 Å². The fourth-order valence-corrected chi connectivity index (χ4v) is 2.44. The van der Waals surface area contributed by atoms with Gasteiger partial charge in [0.1, 0.15) is 6.54 Å². The standard InChI is InChI=1S/C12H17NO4S/c1-9-5-6-10(2)11(7-9)13(18(4,15)16)8-12(14)17-3/h5-7H,8H2,1-4H3. The third-order valence-electron chi connectivity index (χ3n) is 2.53. The number of methoxy groups -OCH3 is 1. The van der Waals surface area contributed by atoms with Crippen LogP contribution in [0, 0.1) is 13.8 Å². The Kier molecular flexibility index (Phi) is 4.34. The number of esters is 1. The highest BCUT2D eigenvalue weighted by atomic mass is 32.2. The fraction of sp³-hybridized carbons (Fsp3) is 0.417. The number of hydrogen-bond donors (Lipinski definition) is 0. The van der Waals surface area contributed by atoms with Gasteiger partial charge in [-0.25, -0.2) is 8.42 Å². The number of sulfonamides is 1. The van der Waals surface area contributed by atoms with Gasteiger partial charge < -0.3 is 4.74 Å². The van der Waals surface area contributed by atoms with Gasteiger partial charge in [-0.2, -0.15) is 0 Å². The molecule has 1 rings (SSSR count). The van der Waals surface area contributed by atoms with Crippen LogP contribution in [0.15, 0.2) is 18.2 Å². The summed E-state index contributed by atoms with van der Waals surface area (Å²) in [5.41, 5.74) is 2.21. The molecular weight excluding hydrogens is 254 g/mol. The van der Waals surface area contributed by atoms with Crippen LogP contribution in [0.4, 0.5) is 5.69 Å². The molecule has 0 N–H and O–H groups in total. The number of carbonyl (C=O) groups is 1. The number of aryl methyl sites for hydroxylation is 2. The van der Waals surface area contributed by atoms with Gasteiger partial charge in [0, 0.05) is 0 Å². The lowest BCUT2D eigenvalue weighted by molar-refractivity contribution is -0.138. The lowest BCUT2D eigenvalue weighted by Crippen LogP contribution is -2.36. The van der Waals surface area contributed by atoms with E-state index in [0.717, 1.165) is 21.7 Å². The predicted octanol–water partition coefficient (Wildman–Crippen LogP) is 1.24. The fourth-order valence-electron chi connectivity index (χ4n) is 1.55. The van der Waals surface area contributed by atoms with Crippen molar-refractivity contribution >= 4 is 21.7 Å². The Labute approximate surface area is 107 Å². The van der Waals surface area contributed by atoms with E-state index in [4.69, 9.17) is 0 Å². The highest BCUT2D eigenvalue weighted by Crippen LogP contribution is 2.23. The molecule has 0 bridgehead atoms. The summed E-state index contributed by atoms with van der Waals surface area (Å²) in [6.45, 7) is 3.34. The minimum atomic E-state index is -3.53. The Morgan fingerprint density at radius 3 is 2.44 bits per heavy atom. The summed E-state index contributed by atoms with van der Waals surface area (Å²) in [5, 5.41) is 0. The first-order valence-electron chi connectivity index (χ1n) is 5.37. The van der Waals surface area contributed by atoms with Gasteiger partial charge in [0.2, 0.25) is 10.0 Å². The monoisotopic (exact) mass is 271 g/mol. The Morgan fingerprint density at radius 1 is 1.33 bits per heavy atom. The van der Waals surface area contributed by atoms with Crippen molar-refractivity contribution in [1.29, 1.82) is 0 Å². The van der Waals surface area contributed by atoms with Crippen molar-refractivity contribution in [2.24, 2.45) is 0 Å². The molecule has 5 nitrogen and oxygen atoms in total. The van der Waals surface area contributed by atoms with Gasteiger partial charge in [-0.3, -0.25) is 9.10 Å². The lowest BCUT2D eigenvalue weighted by Gasteiger charge is -2.23. The van der Waals surface area contributed by atoms with Crippen LogP contribution < -0.4 is 4.31 Å². The van der Waals surface area contributed by atoms with Crippen LogP contribution in [0.5, 0.6) is 0 Å². The van der Waals surface area contributed by atoms with E-state index >= 15 is 0 Å². The molecule has 0 spiro atoms. The van der Waals surface area contributed by atoms with E-state index in [-0.39, 0.29) is 6.54 Å². The summed E-state index contributed by atoms with van der Waals surface area (Å²) < 4.78 is 29.1. The highest BCUT2D eigenvalue weighted by Gasteiger charge is 2.22. The maximum absolute atomic E-state index is 11.8. The second kappa shape index (κ2) is 5.39. The molecule has 100 valence electrons. The molecule has 1 aromatic rings. The molecule has 0 saturated carbocycles. The largest absolute Gasteiger partial charge is 0.468 e. The second-order valence-corrected chi connectivity index (χ2v) is 6.04. The van der Waals surface area contributed by atoms with Crippen LogP contribution >= 0.6 is 0 Å². The second-order valence-electron chi connectivity index (χ2n) is 4.14. The van der Waals surface area contributed by atoms with Crippen LogP contribution in [-0.2, 0) is 19.6 Å². The SMILES string of the molecule is COC(=O)CN(c1cc(C)ccc1C)S(C)(=O)=O. The van der Waals surface area contributed by atoms with Crippen LogP contribution in [0.1, 0.15) is 11.1 Å². The first-order valence-corrected chi connectivity index (χ1v) is 7.22. The number of carbonyl (C=O) groups excluding carboxylic acids is 1. The van der Waals surface area contributed by atoms with Crippen LogP contribution in [0.3, 0.4) is 0 Å². The Hall–Kier alpha value is -1.56. The minimum Gasteiger partial charge on any atom is -0.468 e. The van der Waals surface area contributed by atoms with Gasteiger partial charge in [0.25, 0.3) is 0 Å². The van der Waals surface area contributed by atoms with Gasteiger partial charge >= 0.3 is 5.97 Å². The zero-order valence-corrected chi connectivity index (χ0v) is 11.7. The molecule has 0 heterocycles. The molecule has 6 heteroatoms. The van der Waals surface area contributed by atoms with E-state index < -0.39 is 16.0 Å². The van der Waals surface area contributed by atoms with E-state index in [9.17, 15) is 13.2 Å². The summed E-state index contributed by atoms with van der Waals surface area (Å²) in [6.07, 6.45) is 1.07. The molecule has 1 aromatic carbocycles. The molecule has 0 saturated heterocycles. The molecule has 0 amide bonds. The van der Waals surface area contributed by atoms with Crippen molar-refractivity contribution in [1.82, 2.24) is 0 Å². The Balaban J connectivity index is 3.26. The summed E-state index contributed by atoms with van der Waals surface area (Å²) in [5.74, 6) is -0.596. The van der Waals surface area contributed by atoms with E-state index in [0.29, 0.717) is 5.69 Å². The van der Waals surface area contributed by atoms with Crippen molar-refractivity contribution in [2.75, 3.05) is 24.2 Å². The molecule has 0 aliphatic rings. The smallest absolute Gasteiger partial charge is 0.326 e. The molecule has 0 aromatic heterocycles. The lowest BCUT2D eigenvalue weighted by atomic mass is 10.1. The molecule has 0 unspecified atom stereocenters. The molecule has 18 heavy (non-hydrogen) atoms. The molecule has 0 aliphatic carbocycles. The van der Waals surface area contributed by atoms with Gasteiger partial charge in [0.15, 0.2) is 0 Å². The number of rotatable bonds is 4. The molecule has 0 aliphatic heterocycles. The summed E-state index contributed by atoms with van der Waals surface area (Å²) in [4.78, 5) is 11.3. The van der Waals surface area contributed by atoms with Crippen molar-refractivity contribution in [2.45, 2.75) is 13.8 Å². The van der Waals surface area contributed by atoms with E-state index in [1.54, 1.807) is 13.0 Å². The predicted molar refractivity (Wildman–Crippen MR) is 70.1 cm³/mol. The normalized spacial score (nSPS) is 11.1. The topological polar surface area (TPSA) is 63.7 Å². The Bertz CT molecular complexity index is 551. The number of ether oxygens (including phenoxy) is 1.